The predicted molar refractivity (Wildman–Crippen MR) is 108 cm³/mol. The van der Waals surface area contributed by atoms with Crippen molar-refractivity contribution in [3.63, 3.8) is 0 Å². The molecule has 2 aromatic carbocycles. The minimum absolute atomic E-state index is 0.0487. The van der Waals surface area contributed by atoms with Crippen LogP contribution in [0.2, 0.25) is 5.02 Å². The second kappa shape index (κ2) is 9.65. The van der Waals surface area contributed by atoms with Gasteiger partial charge in [-0.3, -0.25) is 4.79 Å². The van der Waals surface area contributed by atoms with E-state index in [9.17, 15) is 10.1 Å². The molecule has 2 N–H and O–H groups in total. The zero-order valence-electron chi connectivity index (χ0n) is 15.5. The molecule has 0 fully saturated rings. The van der Waals surface area contributed by atoms with Crippen molar-refractivity contribution < 1.29 is 9.53 Å². The van der Waals surface area contributed by atoms with Crippen LogP contribution in [0.15, 0.2) is 54.2 Å². The number of carbonyl (C=O) groups excluding carboxylic acids is 1. The standard InChI is InChI=1S/C21H22ClN3O2/c1-4-27-20-10-9-14(2)11-17(20)15(3)24-13-16(12-23)21(26)25-19-8-6-5-7-18(19)22/h5-11,13,15,24H,4H2,1-3H3,(H,25,26)/b16-13-. The Morgan fingerprint density at radius 2 is 2.07 bits per heavy atom. The van der Waals surface area contributed by atoms with E-state index < -0.39 is 5.91 Å². The lowest BCUT2D eigenvalue weighted by atomic mass is 10.0. The van der Waals surface area contributed by atoms with Gasteiger partial charge in [0.2, 0.25) is 0 Å². The summed E-state index contributed by atoms with van der Waals surface area (Å²) >= 11 is 6.04. The van der Waals surface area contributed by atoms with Crippen molar-refractivity contribution in [3.05, 3.63) is 70.4 Å². The minimum atomic E-state index is -0.528. The summed E-state index contributed by atoms with van der Waals surface area (Å²) in [6.45, 7) is 6.42. The third-order valence-electron chi connectivity index (χ3n) is 3.90. The highest BCUT2D eigenvalue weighted by Gasteiger charge is 2.14. The van der Waals surface area contributed by atoms with Crippen LogP contribution in [0.5, 0.6) is 5.75 Å². The Hall–Kier alpha value is -2.97. The van der Waals surface area contributed by atoms with Crippen LogP contribution in [0.4, 0.5) is 5.69 Å². The first-order valence-corrected chi connectivity index (χ1v) is 8.99. The number of aryl methyl sites for hydroxylation is 1. The first-order chi connectivity index (χ1) is 13.0. The monoisotopic (exact) mass is 383 g/mol. The van der Waals surface area contributed by atoms with E-state index in [1.807, 2.05) is 45.0 Å². The van der Waals surface area contributed by atoms with E-state index in [1.54, 1.807) is 24.3 Å². The molecule has 0 aromatic heterocycles. The molecule has 1 amide bonds. The smallest absolute Gasteiger partial charge is 0.267 e. The van der Waals surface area contributed by atoms with E-state index in [0.29, 0.717) is 17.3 Å². The van der Waals surface area contributed by atoms with Crippen molar-refractivity contribution in [2.45, 2.75) is 26.8 Å². The van der Waals surface area contributed by atoms with Gasteiger partial charge < -0.3 is 15.4 Å². The van der Waals surface area contributed by atoms with Gasteiger partial charge in [-0.25, -0.2) is 0 Å². The van der Waals surface area contributed by atoms with Gasteiger partial charge in [0.1, 0.15) is 17.4 Å². The Morgan fingerprint density at radius 3 is 2.74 bits per heavy atom. The predicted octanol–water partition coefficient (Wildman–Crippen LogP) is 4.74. The summed E-state index contributed by atoms with van der Waals surface area (Å²) in [6, 6.07) is 14.5. The molecule has 0 aliphatic rings. The first-order valence-electron chi connectivity index (χ1n) is 8.61. The van der Waals surface area contributed by atoms with Crippen molar-refractivity contribution in [1.82, 2.24) is 5.32 Å². The van der Waals surface area contributed by atoms with Gasteiger partial charge in [0.05, 0.1) is 23.4 Å². The SMILES string of the molecule is CCOc1ccc(C)cc1C(C)N/C=C(/C#N)C(=O)Nc1ccccc1Cl. The van der Waals surface area contributed by atoms with Crippen LogP contribution < -0.4 is 15.4 Å². The van der Waals surface area contributed by atoms with Crippen LogP contribution in [0, 0.1) is 18.3 Å². The molecular weight excluding hydrogens is 362 g/mol. The van der Waals surface area contributed by atoms with E-state index in [-0.39, 0.29) is 11.6 Å². The van der Waals surface area contributed by atoms with Gasteiger partial charge in [-0.2, -0.15) is 5.26 Å². The Kier molecular flexibility index (Phi) is 7.27. The van der Waals surface area contributed by atoms with Gasteiger partial charge in [-0.1, -0.05) is 41.4 Å². The molecule has 0 saturated carbocycles. The molecule has 5 nitrogen and oxygen atoms in total. The van der Waals surface area contributed by atoms with Gasteiger partial charge in [-0.15, -0.1) is 0 Å². The second-order valence-electron chi connectivity index (χ2n) is 5.97. The number of nitrogens with zero attached hydrogens (tertiary/aromatic N) is 1. The van der Waals surface area contributed by atoms with Gasteiger partial charge in [0.25, 0.3) is 5.91 Å². The van der Waals surface area contributed by atoms with Crippen molar-refractivity contribution in [2.24, 2.45) is 0 Å². The molecule has 140 valence electrons. The van der Waals surface area contributed by atoms with E-state index in [4.69, 9.17) is 16.3 Å². The van der Waals surface area contributed by atoms with Crippen molar-refractivity contribution in [1.29, 1.82) is 5.26 Å². The fraction of sp³-hybridized carbons (Fsp3) is 0.238. The number of para-hydroxylation sites is 1. The number of halogens is 1. The summed E-state index contributed by atoms with van der Waals surface area (Å²) in [5, 5.41) is 15.5. The molecule has 2 aromatic rings. The quantitative estimate of drug-likeness (QED) is 0.534. The van der Waals surface area contributed by atoms with Gasteiger partial charge >= 0.3 is 0 Å². The Morgan fingerprint density at radius 1 is 1.33 bits per heavy atom. The van der Waals surface area contributed by atoms with Crippen molar-refractivity contribution in [3.8, 4) is 11.8 Å². The zero-order chi connectivity index (χ0) is 19.8. The molecule has 0 aliphatic heterocycles. The van der Waals surface area contributed by atoms with Crippen LogP contribution in [0.1, 0.15) is 31.0 Å². The van der Waals surface area contributed by atoms with Crippen molar-refractivity contribution in [2.75, 3.05) is 11.9 Å². The fourth-order valence-corrected chi connectivity index (χ4v) is 2.68. The Balaban J connectivity index is 2.15. The molecule has 0 saturated heterocycles. The molecule has 0 heterocycles. The number of anilines is 1. The number of rotatable bonds is 7. The first kappa shape index (κ1) is 20.3. The molecule has 6 heteroatoms. The highest BCUT2D eigenvalue weighted by atomic mass is 35.5. The lowest BCUT2D eigenvalue weighted by molar-refractivity contribution is -0.112. The number of carbonyl (C=O) groups is 1. The fourth-order valence-electron chi connectivity index (χ4n) is 2.49. The number of nitrogens with one attached hydrogen (secondary N) is 2. The Labute approximate surface area is 164 Å². The molecule has 0 bridgehead atoms. The third-order valence-corrected chi connectivity index (χ3v) is 4.23. The molecule has 27 heavy (non-hydrogen) atoms. The topological polar surface area (TPSA) is 74.1 Å². The highest BCUT2D eigenvalue weighted by Crippen LogP contribution is 2.26. The maximum Gasteiger partial charge on any atom is 0.267 e. The van der Waals surface area contributed by atoms with Crippen molar-refractivity contribution >= 4 is 23.2 Å². The highest BCUT2D eigenvalue weighted by molar-refractivity contribution is 6.33. The number of hydrogen-bond donors (Lipinski definition) is 2. The maximum atomic E-state index is 12.3. The lowest BCUT2D eigenvalue weighted by Gasteiger charge is -2.18. The summed E-state index contributed by atoms with van der Waals surface area (Å²) in [6.07, 6.45) is 1.41. The average molecular weight is 384 g/mol. The minimum Gasteiger partial charge on any atom is -0.494 e. The molecule has 1 unspecified atom stereocenters. The number of ether oxygens (including phenoxy) is 1. The largest absolute Gasteiger partial charge is 0.494 e. The summed E-state index contributed by atoms with van der Waals surface area (Å²) in [7, 11) is 0. The molecule has 0 spiro atoms. The van der Waals surface area contributed by atoms with Crippen LogP contribution in [-0.4, -0.2) is 12.5 Å². The van der Waals surface area contributed by atoms with Crippen LogP contribution in [0.3, 0.4) is 0 Å². The number of benzene rings is 2. The molecule has 0 aliphatic carbocycles. The molecular formula is C21H22ClN3O2. The average Bonchev–Trinajstić information content (AvgIpc) is 2.65. The zero-order valence-corrected chi connectivity index (χ0v) is 16.3. The van der Waals surface area contributed by atoms with Crippen LogP contribution in [-0.2, 0) is 4.79 Å². The normalized spacial score (nSPS) is 12.0. The maximum absolute atomic E-state index is 12.3. The number of hydrogen-bond acceptors (Lipinski definition) is 4. The van der Waals surface area contributed by atoms with Crippen LogP contribution in [0.25, 0.3) is 0 Å². The lowest BCUT2D eigenvalue weighted by Crippen LogP contribution is -2.19. The summed E-state index contributed by atoms with van der Waals surface area (Å²) in [4.78, 5) is 12.3. The summed E-state index contributed by atoms with van der Waals surface area (Å²) < 4.78 is 5.67. The molecule has 0 radical (unpaired) electrons. The Bertz CT molecular complexity index is 887. The van der Waals surface area contributed by atoms with E-state index in [1.165, 1.54) is 6.20 Å². The van der Waals surface area contributed by atoms with Gasteiger partial charge in [0.15, 0.2) is 0 Å². The third kappa shape index (κ3) is 5.50. The molecule has 1 atom stereocenters. The number of amides is 1. The summed E-state index contributed by atoms with van der Waals surface area (Å²) in [5.41, 5.74) is 2.46. The van der Waals surface area contributed by atoms with E-state index in [0.717, 1.165) is 16.9 Å². The second-order valence-corrected chi connectivity index (χ2v) is 6.37. The van der Waals surface area contributed by atoms with E-state index in [2.05, 4.69) is 10.6 Å². The van der Waals surface area contributed by atoms with Gasteiger partial charge in [0, 0.05) is 11.8 Å². The molecule has 2 rings (SSSR count). The summed E-state index contributed by atoms with van der Waals surface area (Å²) in [5.74, 6) is 0.245. The van der Waals surface area contributed by atoms with Crippen LogP contribution >= 0.6 is 11.6 Å². The van der Waals surface area contributed by atoms with E-state index >= 15 is 0 Å². The number of nitriles is 1. The van der Waals surface area contributed by atoms with Gasteiger partial charge in [-0.05, 0) is 39.0 Å².